The normalized spacial score (nSPS) is 17.9. The molecule has 0 aliphatic carbocycles. The minimum Gasteiger partial charge on any atom is -0.352 e. The zero-order chi connectivity index (χ0) is 22.9. The highest BCUT2D eigenvalue weighted by Gasteiger charge is 2.41. The van der Waals surface area contributed by atoms with Crippen molar-refractivity contribution < 1.29 is 0 Å². The lowest BCUT2D eigenvalue weighted by Gasteiger charge is -2.28. The van der Waals surface area contributed by atoms with Crippen LogP contribution in [0.5, 0.6) is 0 Å². The number of pyridine rings is 2. The molecule has 1 saturated heterocycles. The minimum absolute atomic E-state index is 0.0120. The molecule has 1 aliphatic rings. The Bertz CT molecular complexity index is 1270. The van der Waals surface area contributed by atoms with Gasteiger partial charge in [0.25, 0.3) is 0 Å². The van der Waals surface area contributed by atoms with Gasteiger partial charge in [-0.2, -0.15) is 0 Å². The number of aryl methyl sites for hydroxylation is 2. The summed E-state index contributed by atoms with van der Waals surface area (Å²) in [4.78, 5) is 11.2. The lowest BCUT2D eigenvalue weighted by molar-refractivity contribution is 0.310. The molecule has 5 nitrogen and oxygen atoms in total. The molecule has 0 amide bonds. The van der Waals surface area contributed by atoms with E-state index in [0.29, 0.717) is 6.54 Å². The maximum Gasteiger partial charge on any atom is 0.170 e. The molecular weight excluding hydrogens is 426 g/mol. The first-order chi connectivity index (χ1) is 16.0. The van der Waals surface area contributed by atoms with Crippen molar-refractivity contribution in [1.29, 1.82) is 0 Å². The molecule has 4 aromatic rings. The number of benzene rings is 1. The number of hydrogen-bond donors (Lipinski definition) is 1. The molecule has 1 aliphatic heterocycles. The summed E-state index contributed by atoms with van der Waals surface area (Å²) in [6.07, 6.45) is 5.55. The fourth-order valence-electron chi connectivity index (χ4n) is 4.78. The van der Waals surface area contributed by atoms with Crippen molar-refractivity contribution in [3.63, 3.8) is 0 Å². The summed E-state index contributed by atoms with van der Waals surface area (Å²) in [6.45, 7) is 7.16. The Kier molecular flexibility index (Phi) is 5.68. The monoisotopic (exact) mass is 453 g/mol. The lowest BCUT2D eigenvalue weighted by Crippen LogP contribution is -2.29. The maximum absolute atomic E-state index is 5.84. The molecule has 1 N–H and O–H groups in total. The van der Waals surface area contributed by atoms with E-state index in [1.807, 2.05) is 30.6 Å². The summed E-state index contributed by atoms with van der Waals surface area (Å²) in [6, 6.07) is 21.1. The first-order valence-corrected chi connectivity index (χ1v) is 11.6. The topological polar surface area (TPSA) is 46.0 Å². The Morgan fingerprint density at radius 1 is 0.970 bits per heavy atom. The van der Waals surface area contributed by atoms with Gasteiger partial charge in [-0.1, -0.05) is 29.8 Å². The van der Waals surface area contributed by atoms with Crippen molar-refractivity contribution in [2.45, 2.75) is 39.4 Å². The van der Waals surface area contributed by atoms with Gasteiger partial charge in [0.15, 0.2) is 5.11 Å². The van der Waals surface area contributed by atoms with Crippen molar-refractivity contribution in [1.82, 2.24) is 24.8 Å². The Balaban J connectivity index is 1.61. The smallest absolute Gasteiger partial charge is 0.170 e. The highest BCUT2D eigenvalue weighted by molar-refractivity contribution is 7.80. The van der Waals surface area contributed by atoms with Gasteiger partial charge in [0.05, 0.1) is 17.8 Å². The molecule has 1 aromatic carbocycles. The summed E-state index contributed by atoms with van der Waals surface area (Å²) in [5, 5.41) is 4.29. The fourth-order valence-corrected chi connectivity index (χ4v) is 5.09. The highest BCUT2D eigenvalue weighted by Crippen LogP contribution is 2.42. The SMILES string of the molecule is Cc1ccc(-n2c(C)cc([C@H]3[C@H](c4ccccn4)NC(=S)N3Cc3cccnc3)c2C)cc1. The summed E-state index contributed by atoms with van der Waals surface area (Å²) < 4.78 is 2.33. The van der Waals surface area contributed by atoms with Gasteiger partial charge in [0, 0.05) is 42.2 Å². The summed E-state index contributed by atoms with van der Waals surface area (Å²) >= 11 is 5.84. The first-order valence-electron chi connectivity index (χ1n) is 11.2. The molecule has 4 heterocycles. The average Bonchev–Trinajstić information content (AvgIpc) is 3.31. The van der Waals surface area contributed by atoms with Crippen molar-refractivity contribution in [3.8, 4) is 5.69 Å². The molecule has 1 fully saturated rings. The standard InChI is InChI=1S/C27H27N5S/c1-18-9-11-22(12-10-18)32-19(2)15-23(20(32)3)26-25(24-8-4-5-14-29-24)30-27(33)31(26)17-21-7-6-13-28-16-21/h4-16,25-26H,17H2,1-3H3,(H,30,33)/t25-,26-/m0/s1. The van der Waals surface area contributed by atoms with E-state index in [2.05, 4.69) is 88.0 Å². The Hall–Kier alpha value is -3.51. The molecule has 0 bridgehead atoms. The van der Waals surface area contributed by atoms with Crippen LogP contribution in [0.25, 0.3) is 5.69 Å². The number of aromatic nitrogens is 3. The van der Waals surface area contributed by atoms with Crippen molar-refractivity contribution in [2.75, 3.05) is 0 Å². The fraction of sp³-hybridized carbons (Fsp3) is 0.222. The number of rotatable bonds is 5. The molecule has 0 unspecified atom stereocenters. The predicted molar refractivity (Wildman–Crippen MR) is 135 cm³/mol. The molecule has 0 radical (unpaired) electrons. The summed E-state index contributed by atoms with van der Waals surface area (Å²) in [5.41, 5.74) is 8.20. The zero-order valence-corrected chi connectivity index (χ0v) is 19.9. The molecule has 0 spiro atoms. The van der Waals surface area contributed by atoms with Gasteiger partial charge in [0.2, 0.25) is 0 Å². The van der Waals surface area contributed by atoms with Gasteiger partial charge in [-0.05, 0) is 80.5 Å². The van der Waals surface area contributed by atoms with Crippen LogP contribution in [-0.4, -0.2) is 24.5 Å². The molecule has 0 saturated carbocycles. The van der Waals surface area contributed by atoms with E-state index in [1.54, 1.807) is 6.20 Å². The second-order valence-corrected chi connectivity index (χ2v) is 9.00. The molecule has 2 atom stereocenters. The highest BCUT2D eigenvalue weighted by atomic mass is 32.1. The molecule has 166 valence electrons. The third-order valence-corrected chi connectivity index (χ3v) is 6.71. The van der Waals surface area contributed by atoms with Crippen molar-refractivity contribution in [3.05, 3.63) is 113 Å². The van der Waals surface area contributed by atoms with Crippen molar-refractivity contribution >= 4 is 17.3 Å². The quantitative estimate of drug-likeness (QED) is 0.412. The third-order valence-electron chi connectivity index (χ3n) is 6.35. The minimum atomic E-state index is -0.0395. The van der Waals surface area contributed by atoms with E-state index in [-0.39, 0.29) is 12.1 Å². The van der Waals surface area contributed by atoms with Crippen LogP contribution in [0.15, 0.2) is 79.3 Å². The van der Waals surface area contributed by atoms with Crippen LogP contribution >= 0.6 is 12.2 Å². The molecule has 33 heavy (non-hydrogen) atoms. The van der Waals surface area contributed by atoms with Crippen LogP contribution < -0.4 is 5.32 Å². The number of hydrogen-bond acceptors (Lipinski definition) is 3. The largest absolute Gasteiger partial charge is 0.352 e. The van der Waals surface area contributed by atoms with Gasteiger partial charge in [-0.3, -0.25) is 9.97 Å². The first kappa shape index (κ1) is 21.3. The molecule has 3 aromatic heterocycles. The van der Waals surface area contributed by atoms with E-state index in [0.717, 1.165) is 16.4 Å². The van der Waals surface area contributed by atoms with Crippen LogP contribution in [0, 0.1) is 20.8 Å². The Morgan fingerprint density at radius 3 is 2.48 bits per heavy atom. The van der Waals surface area contributed by atoms with E-state index < -0.39 is 0 Å². The van der Waals surface area contributed by atoms with Gasteiger partial charge >= 0.3 is 0 Å². The molecule has 5 rings (SSSR count). The summed E-state index contributed by atoms with van der Waals surface area (Å²) in [5.74, 6) is 0. The van der Waals surface area contributed by atoms with Gasteiger partial charge in [0.1, 0.15) is 0 Å². The van der Waals surface area contributed by atoms with Gasteiger partial charge < -0.3 is 14.8 Å². The Labute approximate surface area is 200 Å². The van der Waals surface area contributed by atoms with Crippen LogP contribution in [0.2, 0.25) is 0 Å². The second kappa shape index (κ2) is 8.79. The van der Waals surface area contributed by atoms with Crippen LogP contribution in [-0.2, 0) is 6.54 Å². The van der Waals surface area contributed by atoms with E-state index >= 15 is 0 Å². The Morgan fingerprint density at radius 2 is 1.79 bits per heavy atom. The van der Waals surface area contributed by atoms with Crippen LogP contribution in [0.1, 0.15) is 45.9 Å². The predicted octanol–water partition coefficient (Wildman–Crippen LogP) is 5.37. The maximum atomic E-state index is 5.84. The molecular formula is C27H27N5S. The average molecular weight is 454 g/mol. The van der Waals surface area contributed by atoms with E-state index in [9.17, 15) is 0 Å². The zero-order valence-electron chi connectivity index (χ0n) is 19.1. The third kappa shape index (κ3) is 4.02. The number of nitrogens with one attached hydrogen (secondary N) is 1. The second-order valence-electron chi connectivity index (χ2n) is 8.61. The van der Waals surface area contributed by atoms with E-state index in [1.165, 1.54) is 28.2 Å². The van der Waals surface area contributed by atoms with Gasteiger partial charge in [-0.15, -0.1) is 0 Å². The van der Waals surface area contributed by atoms with Crippen LogP contribution in [0.4, 0.5) is 0 Å². The number of thiocarbonyl (C=S) groups is 1. The van der Waals surface area contributed by atoms with Crippen LogP contribution in [0.3, 0.4) is 0 Å². The summed E-state index contributed by atoms with van der Waals surface area (Å²) in [7, 11) is 0. The number of nitrogens with zero attached hydrogens (tertiary/aromatic N) is 4. The lowest BCUT2D eigenvalue weighted by atomic mass is 9.96. The van der Waals surface area contributed by atoms with E-state index in [4.69, 9.17) is 12.2 Å². The van der Waals surface area contributed by atoms with Crippen molar-refractivity contribution in [2.24, 2.45) is 0 Å². The molecule has 6 heteroatoms. The van der Waals surface area contributed by atoms with Gasteiger partial charge in [-0.25, -0.2) is 0 Å².